The van der Waals surface area contributed by atoms with Crippen LogP contribution in [-0.4, -0.2) is 25.1 Å². The normalized spacial score (nSPS) is 10.9. The summed E-state index contributed by atoms with van der Waals surface area (Å²) in [6.45, 7) is 4.74. The highest BCUT2D eigenvalue weighted by atomic mass is 35.5. The van der Waals surface area contributed by atoms with Gasteiger partial charge in [0.25, 0.3) is 0 Å². The van der Waals surface area contributed by atoms with Crippen LogP contribution in [0, 0.1) is 0 Å². The lowest BCUT2D eigenvalue weighted by molar-refractivity contribution is -0.903. The molecule has 0 aliphatic heterocycles. The van der Waals surface area contributed by atoms with Gasteiger partial charge in [-0.1, -0.05) is 101 Å². The number of halogens is 2. The Morgan fingerprint density at radius 2 is 1.08 bits per heavy atom. The Morgan fingerprint density at radius 3 is 1.54 bits per heavy atom. The van der Waals surface area contributed by atoms with E-state index in [4.69, 9.17) is 0 Å². The van der Waals surface area contributed by atoms with E-state index in [-0.39, 0.29) is 24.8 Å². The van der Waals surface area contributed by atoms with Crippen LogP contribution in [0.5, 0.6) is 0 Å². The van der Waals surface area contributed by atoms with Crippen molar-refractivity contribution in [2.45, 2.75) is 90.5 Å². The highest BCUT2D eigenvalue weighted by Gasteiger charge is 2.14. The van der Waals surface area contributed by atoms with Crippen molar-refractivity contribution < 1.29 is 16.9 Å². The molecule has 0 aromatic heterocycles. The first-order valence-corrected chi connectivity index (χ1v) is 10.5. The summed E-state index contributed by atoms with van der Waals surface area (Å²) in [4.78, 5) is 0. The second kappa shape index (κ2) is 18.1. The van der Waals surface area contributed by atoms with E-state index in [1.165, 1.54) is 89.2 Å². The number of nitrogens with zero attached hydrogens (tertiary/aromatic N) is 1. The van der Waals surface area contributed by atoms with E-state index in [1.807, 2.05) is 0 Å². The van der Waals surface area contributed by atoms with Crippen LogP contribution >= 0.6 is 12.4 Å². The van der Waals surface area contributed by atoms with Crippen molar-refractivity contribution in [2.24, 2.45) is 0 Å². The van der Waals surface area contributed by atoms with Crippen LogP contribution in [0.2, 0.25) is 0 Å². The minimum Gasteiger partial charge on any atom is -1.00 e. The summed E-state index contributed by atoms with van der Waals surface area (Å²) in [7, 11) is 4.73. The molecule has 1 rings (SSSR count). The summed E-state index contributed by atoms with van der Waals surface area (Å²) >= 11 is 0. The van der Waals surface area contributed by atoms with Gasteiger partial charge in [0.05, 0.1) is 20.6 Å². The quantitative estimate of drug-likeness (QED) is 0.300. The van der Waals surface area contributed by atoms with Crippen molar-refractivity contribution in [3.8, 4) is 0 Å². The lowest BCUT2D eigenvalue weighted by Gasteiger charge is -2.30. The molecule has 0 bridgehead atoms. The van der Waals surface area contributed by atoms with Crippen LogP contribution in [0.3, 0.4) is 0 Å². The molecule has 0 amide bonds. The summed E-state index contributed by atoms with van der Waals surface area (Å²) in [5.74, 6) is 0. The van der Waals surface area contributed by atoms with Crippen molar-refractivity contribution in [2.75, 3.05) is 20.6 Å². The monoisotopic (exact) mass is 403 g/mol. The van der Waals surface area contributed by atoms with Crippen molar-refractivity contribution in [1.29, 1.82) is 0 Å². The molecule has 1 aromatic carbocycles. The molecule has 3 heteroatoms. The minimum absolute atomic E-state index is 0. The van der Waals surface area contributed by atoms with Gasteiger partial charge >= 0.3 is 0 Å². The largest absolute Gasteiger partial charge is 1.00 e. The van der Waals surface area contributed by atoms with E-state index in [0.29, 0.717) is 0 Å². The van der Waals surface area contributed by atoms with Gasteiger partial charge in [-0.15, -0.1) is 12.4 Å². The van der Waals surface area contributed by atoms with Crippen molar-refractivity contribution >= 4 is 12.4 Å². The molecule has 0 atom stereocenters. The van der Waals surface area contributed by atoms with Crippen molar-refractivity contribution in [3.63, 3.8) is 0 Å². The Labute approximate surface area is 176 Å². The van der Waals surface area contributed by atoms with Gasteiger partial charge in [0.15, 0.2) is 0 Å². The number of rotatable bonds is 15. The van der Waals surface area contributed by atoms with Crippen LogP contribution in [0.1, 0.15) is 89.5 Å². The maximum atomic E-state index is 2.37. The third-order valence-electron chi connectivity index (χ3n) is 5.07. The second-order valence-corrected chi connectivity index (χ2v) is 8.19. The number of hydrogen-bond acceptors (Lipinski definition) is 0. The Kier molecular flexibility index (Phi) is 19.5. The number of quaternary nitrogens is 1. The predicted molar refractivity (Wildman–Crippen MR) is 115 cm³/mol. The maximum absolute atomic E-state index is 2.37. The average Bonchev–Trinajstić information content (AvgIpc) is 2.56. The SMILES string of the molecule is CCCCCCCCCCCCCC[N+](C)(C)Cc1ccccc1.Cl.[Cl-]. The van der Waals surface area contributed by atoms with Gasteiger partial charge in [-0.05, 0) is 12.8 Å². The molecule has 154 valence electrons. The lowest BCUT2D eigenvalue weighted by Crippen LogP contribution is -3.00. The first kappa shape index (κ1) is 28.0. The highest BCUT2D eigenvalue weighted by Crippen LogP contribution is 2.14. The molecule has 0 heterocycles. The Balaban J connectivity index is 0. The zero-order valence-corrected chi connectivity index (χ0v) is 19.1. The minimum atomic E-state index is 0. The van der Waals surface area contributed by atoms with Crippen LogP contribution in [-0.2, 0) is 6.54 Å². The van der Waals surface area contributed by atoms with Crippen LogP contribution < -0.4 is 12.4 Å². The molecule has 0 saturated carbocycles. The molecule has 0 spiro atoms. The lowest BCUT2D eigenvalue weighted by atomic mass is 10.1. The molecular weight excluding hydrogens is 361 g/mol. The third-order valence-corrected chi connectivity index (χ3v) is 5.07. The van der Waals surface area contributed by atoms with Crippen LogP contribution in [0.25, 0.3) is 0 Å². The third kappa shape index (κ3) is 16.0. The molecule has 1 nitrogen and oxygen atoms in total. The number of hydrogen-bond donors (Lipinski definition) is 0. The van der Waals surface area contributed by atoms with Crippen LogP contribution in [0.4, 0.5) is 0 Å². The second-order valence-electron chi connectivity index (χ2n) is 8.19. The smallest absolute Gasteiger partial charge is 0.104 e. The van der Waals surface area contributed by atoms with Crippen molar-refractivity contribution in [3.05, 3.63) is 35.9 Å². The zero-order valence-electron chi connectivity index (χ0n) is 17.5. The Morgan fingerprint density at radius 1 is 0.654 bits per heavy atom. The number of benzene rings is 1. The molecule has 0 aliphatic carbocycles. The van der Waals surface area contributed by atoms with Crippen molar-refractivity contribution in [1.82, 2.24) is 0 Å². The van der Waals surface area contributed by atoms with E-state index >= 15 is 0 Å². The molecular formula is C23H43Cl2N. The molecule has 0 saturated heterocycles. The Hall–Kier alpha value is -0.240. The topological polar surface area (TPSA) is 0 Å². The van der Waals surface area contributed by atoms with E-state index in [1.54, 1.807) is 0 Å². The van der Waals surface area contributed by atoms with E-state index in [9.17, 15) is 0 Å². The molecule has 1 aromatic rings. The maximum Gasteiger partial charge on any atom is 0.104 e. The van der Waals surface area contributed by atoms with Gasteiger partial charge in [-0.25, -0.2) is 0 Å². The molecule has 0 unspecified atom stereocenters. The van der Waals surface area contributed by atoms with E-state index < -0.39 is 0 Å². The fraction of sp³-hybridized carbons (Fsp3) is 0.739. The standard InChI is InChI=1S/C23H42N.2ClH/c1-4-5-6-7-8-9-10-11-12-13-14-18-21-24(2,3)22-23-19-16-15-17-20-23;;/h15-17,19-20H,4-14,18,21-22H2,1-3H3;2*1H/q+1;;/p-1. The first-order valence-electron chi connectivity index (χ1n) is 10.5. The molecule has 0 radical (unpaired) electrons. The fourth-order valence-corrected chi connectivity index (χ4v) is 3.54. The molecule has 26 heavy (non-hydrogen) atoms. The summed E-state index contributed by atoms with van der Waals surface area (Å²) in [6.07, 6.45) is 17.2. The van der Waals surface area contributed by atoms with Gasteiger partial charge in [0.1, 0.15) is 6.54 Å². The fourth-order valence-electron chi connectivity index (χ4n) is 3.54. The van der Waals surface area contributed by atoms with E-state index in [2.05, 4.69) is 51.4 Å². The zero-order chi connectivity index (χ0) is 17.5. The summed E-state index contributed by atoms with van der Waals surface area (Å²) in [5, 5.41) is 0. The first-order chi connectivity index (χ1) is 11.6. The van der Waals surface area contributed by atoms with Crippen LogP contribution in [0.15, 0.2) is 30.3 Å². The summed E-state index contributed by atoms with van der Waals surface area (Å²) in [5.41, 5.74) is 1.46. The van der Waals surface area contributed by atoms with Gasteiger partial charge in [-0.3, -0.25) is 0 Å². The molecule has 0 aliphatic rings. The van der Waals surface area contributed by atoms with Gasteiger partial charge < -0.3 is 16.9 Å². The summed E-state index contributed by atoms with van der Waals surface area (Å²) in [6, 6.07) is 10.9. The van der Waals surface area contributed by atoms with E-state index in [0.717, 1.165) is 11.0 Å². The predicted octanol–water partition coefficient (Wildman–Crippen LogP) is 4.39. The van der Waals surface area contributed by atoms with Gasteiger partial charge in [0, 0.05) is 5.56 Å². The highest BCUT2D eigenvalue weighted by molar-refractivity contribution is 5.85. The average molecular weight is 405 g/mol. The molecule has 0 N–H and O–H groups in total. The number of unbranched alkanes of at least 4 members (excludes halogenated alkanes) is 11. The Bertz CT molecular complexity index is 392. The summed E-state index contributed by atoms with van der Waals surface area (Å²) < 4.78 is 1.11. The molecule has 0 fully saturated rings. The van der Waals surface area contributed by atoms with Gasteiger partial charge in [-0.2, -0.15) is 0 Å². The van der Waals surface area contributed by atoms with Gasteiger partial charge in [0.2, 0.25) is 0 Å².